The number of nitrogens with one attached hydrogen (secondary N) is 1. The largest absolute Gasteiger partial charge is 0.329 e. The summed E-state index contributed by atoms with van der Waals surface area (Å²) in [6.45, 7) is 3.72. The molecule has 1 aromatic rings. The zero-order valence-corrected chi connectivity index (χ0v) is 10.1. The van der Waals surface area contributed by atoms with E-state index in [0.717, 1.165) is 0 Å². The fourth-order valence-corrected chi connectivity index (χ4v) is 0.959. The molecule has 0 aliphatic rings. The Balaban J connectivity index is 0.00000225. The van der Waals surface area contributed by atoms with E-state index < -0.39 is 5.41 Å². The monoisotopic (exact) mass is 246 g/mol. The van der Waals surface area contributed by atoms with Crippen LogP contribution in [0, 0.1) is 11.2 Å². The van der Waals surface area contributed by atoms with Gasteiger partial charge in [-0.15, -0.1) is 12.4 Å². The highest BCUT2D eigenvalue weighted by atomic mass is 35.5. The van der Waals surface area contributed by atoms with Crippen LogP contribution < -0.4 is 11.1 Å². The molecule has 3 N–H and O–H groups in total. The second-order valence-corrected chi connectivity index (χ2v) is 4.05. The zero-order valence-electron chi connectivity index (χ0n) is 9.29. The van der Waals surface area contributed by atoms with Gasteiger partial charge in [0, 0.05) is 12.2 Å². The summed E-state index contributed by atoms with van der Waals surface area (Å²) in [5, 5.41) is 2.62. The third-order valence-corrected chi connectivity index (χ3v) is 2.21. The number of rotatable bonds is 3. The quantitative estimate of drug-likeness (QED) is 0.859. The van der Waals surface area contributed by atoms with E-state index in [1.165, 1.54) is 12.1 Å². The lowest BCUT2D eigenvalue weighted by Gasteiger charge is -2.21. The van der Waals surface area contributed by atoms with Crippen LogP contribution in [0.4, 0.5) is 10.1 Å². The summed E-state index contributed by atoms with van der Waals surface area (Å²) in [4.78, 5) is 11.7. The van der Waals surface area contributed by atoms with Crippen molar-refractivity contribution in [3.8, 4) is 0 Å². The van der Waals surface area contributed by atoms with Crippen molar-refractivity contribution in [2.75, 3.05) is 11.9 Å². The molecule has 0 radical (unpaired) electrons. The number of amides is 1. The highest BCUT2D eigenvalue weighted by Crippen LogP contribution is 2.17. The number of nitrogens with two attached hydrogens (primary N) is 1. The molecule has 1 amide bonds. The maximum atomic E-state index is 12.8. The van der Waals surface area contributed by atoms with Crippen molar-refractivity contribution in [2.45, 2.75) is 13.8 Å². The fourth-order valence-electron chi connectivity index (χ4n) is 0.959. The summed E-state index contributed by atoms with van der Waals surface area (Å²) in [7, 11) is 0. The Morgan fingerprint density at radius 2 is 2.12 bits per heavy atom. The molecule has 0 unspecified atom stereocenters. The number of anilines is 1. The Bertz CT molecular complexity index is 369. The van der Waals surface area contributed by atoms with Crippen LogP contribution in [-0.2, 0) is 4.79 Å². The molecular weight excluding hydrogens is 231 g/mol. The van der Waals surface area contributed by atoms with E-state index in [9.17, 15) is 9.18 Å². The maximum Gasteiger partial charge on any atom is 0.231 e. The summed E-state index contributed by atoms with van der Waals surface area (Å²) >= 11 is 0. The van der Waals surface area contributed by atoms with Crippen molar-refractivity contribution in [1.82, 2.24) is 0 Å². The van der Waals surface area contributed by atoms with Crippen LogP contribution >= 0.6 is 12.4 Å². The lowest BCUT2D eigenvalue weighted by Crippen LogP contribution is -2.37. The molecule has 5 heteroatoms. The molecule has 0 aliphatic carbocycles. The normalized spacial score (nSPS) is 10.5. The number of carbonyl (C=O) groups is 1. The van der Waals surface area contributed by atoms with Gasteiger partial charge in [-0.2, -0.15) is 0 Å². The first-order valence-electron chi connectivity index (χ1n) is 4.73. The Morgan fingerprint density at radius 1 is 1.50 bits per heavy atom. The third kappa shape index (κ3) is 3.79. The molecule has 0 heterocycles. The van der Waals surface area contributed by atoms with E-state index in [1.807, 2.05) is 0 Å². The van der Waals surface area contributed by atoms with Gasteiger partial charge in [-0.3, -0.25) is 4.79 Å². The summed E-state index contributed by atoms with van der Waals surface area (Å²) < 4.78 is 12.8. The van der Waals surface area contributed by atoms with Crippen LogP contribution in [0.1, 0.15) is 13.8 Å². The average Bonchev–Trinajstić information content (AvgIpc) is 2.17. The van der Waals surface area contributed by atoms with Crippen LogP contribution in [0.15, 0.2) is 24.3 Å². The lowest BCUT2D eigenvalue weighted by molar-refractivity contribution is -0.123. The van der Waals surface area contributed by atoms with Gasteiger partial charge in [0.2, 0.25) is 5.91 Å². The molecule has 90 valence electrons. The van der Waals surface area contributed by atoms with Crippen molar-refractivity contribution in [3.05, 3.63) is 30.1 Å². The van der Waals surface area contributed by atoms with Gasteiger partial charge in [-0.25, -0.2) is 4.39 Å². The highest BCUT2D eigenvalue weighted by Gasteiger charge is 2.25. The summed E-state index contributed by atoms with van der Waals surface area (Å²) in [6.07, 6.45) is 0. The minimum Gasteiger partial charge on any atom is -0.329 e. The molecule has 0 fully saturated rings. The number of carbonyl (C=O) groups excluding carboxylic acids is 1. The second-order valence-electron chi connectivity index (χ2n) is 4.05. The summed E-state index contributed by atoms with van der Waals surface area (Å²) in [5.41, 5.74) is 5.26. The number of hydrogen-bond donors (Lipinski definition) is 2. The fraction of sp³-hybridized carbons (Fsp3) is 0.364. The molecule has 16 heavy (non-hydrogen) atoms. The molecule has 0 spiro atoms. The number of benzene rings is 1. The van der Waals surface area contributed by atoms with Gasteiger partial charge in [0.1, 0.15) is 5.82 Å². The van der Waals surface area contributed by atoms with Crippen molar-refractivity contribution >= 4 is 24.0 Å². The Labute approximate surface area is 101 Å². The van der Waals surface area contributed by atoms with Gasteiger partial charge in [-0.1, -0.05) is 6.07 Å². The first-order chi connectivity index (χ1) is 6.95. The predicted molar refractivity (Wildman–Crippen MR) is 65.1 cm³/mol. The second kappa shape index (κ2) is 5.82. The molecule has 0 aromatic heterocycles. The Kier molecular flexibility index (Phi) is 5.41. The van der Waals surface area contributed by atoms with Crippen LogP contribution in [0.5, 0.6) is 0 Å². The zero-order chi connectivity index (χ0) is 11.5. The van der Waals surface area contributed by atoms with Crippen molar-refractivity contribution in [1.29, 1.82) is 0 Å². The van der Waals surface area contributed by atoms with E-state index in [1.54, 1.807) is 26.0 Å². The van der Waals surface area contributed by atoms with E-state index in [0.29, 0.717) is 5.69 Å². The van der Waals surface area contributed by atoms with Gasteiger partial charge in [0.25, 0.3) is 0 Å². The van der Waals surface area contributed by atoms with Gasteiger partial charge >= 0.3 is 0 Å². The molecule has 1 aromatic carbocycles. The molecule has 0 bridgehead atoms. The SMILES string of the molecule is CC(C)(CN)C(=O)Nc1cccc(F)c1.Cl. The first kappa shape index (κ1) is 14.9. The van der Waals surface area contributed by atoms with Gasteiger partial charge in [0.05, 0.1) is 5.41 Å². The van der Waals surface area contributed by atoms with E-state index in [2.05, 4.69) is 5.32 Å². The Morgan fingerprint density at radius 3 is 2.62 bits per heavy atom. The van der Waals surface area contributed by atoms with Crippen molar-refractivity contribution in [2.24, 2.45) is 11.1 Å². The van der Waals surface area contributed by atoms with E-state index >= 15 is 0 Å². The van der Waals surface area contributed by atoms with Crippen LogP contribution in [0.2, 0.25) is 0 Å². The maximum absolute atomic E-state index is 12.8. The van der Waals surface area contributed by atoms with Crippen molar-refractivity contribution < 1.29 is 9.18 Å². The third-order valence-electron chi connectivity index (χ3n) is 2.21. The molecule has 0 atom stereocenters. The summed E-state index contributed by atoms with van der Waals surface area (Å²) in [5.74, 6) is -0.589. The molecule has 1 rings (SSSR count). The van der Waals surface area contributed by atoms with E-state index in [4.69, 9.17) is 5.73 Å². The van der Waals surface area contributed by atoms with Gasteiger partial charge < -0.3 is 11.1 Å². The van der Waals surface area contributed by atoms with Crippen LogP contribution in [0.25, 0.3) is 0 Å². The Hall–Kier alpha value is -1.13. The van der Waals surface area contributed by atoms with Crippen LogP contribution in [-0.4, -0.2) is 12.5 Å². The molecule has 0 saturated heterocycles. The molecule has 3 nitrogen and oxygen atoms in total. The smallest absolute Gasteiger partial charge is 0.231 e. The highest BCUT2D eigenvalue weighted by molar-refractivity contribution is 5.94. The number of halogens is 2. The van der Waals surface area contributed by atoms with Gasteiger partial charge in [-0.05, 0) is 32.0 Å². The van der Waals surface area contributed by atoms with Crippen molar-refractivity contribution in [3.63, 3.8) is 0 Å². The first-order valence-corrected chi connectivity index (χ1v) is 4.73. The van der Waals surface area contributed by atoms with Gasteiger partial charge in [0.15, 0.2) is 0 Å². The minimum atomic E-state index is -0.647. The topological polar surface area (TPSA) is 55.1 Å². The predicted octanol–water partition coefficient (Wildman–Crippen LogP) is 2.17. The van der Waals surface area contributed by atoms with E-state index in [-0.39, 0.29) is 30.7 Å². The summed E-state index contributed by atoms with van der Waals surface area (Å²) in [6, 6.07) is 5.77. The number of hydrogen-bond acceptors (Lipinski definition) is 2. The average molecular weight is 247 g/mol. The molecular formula is C11H16ClFN2O. The molecule has 0 saturated carbocycles. The lowest BCUT2D eigenvalue weighted by atomic mass is 9.92. The van der Waals surface area contributed by atoms with Crippen LogP contribution in [0.3, 0.4) is 0 Å². The standard InChI is InChI=1S/C11H15FN2O.ClH/c1-11(2,7-13)10(15)14-9-5-3-4-8(12)6-9;/h3-6H,7,13H2,1-2H3,(H,14,15);1H. The molecule has 0 aliphatic heterocycles. The minimum absolute atomic E-state index is 0.